The molecule has 2 aromatic carbocycles. The van der Waals surface area contributed by atoms with Crippen molar-refractivity contribution < 1.29 is 15.0 Å². The lowest BCUT2D eigenvalue weighted by Gasteiger charge is -2.09. The number of carboxylic acids is 1. The number of hydrogen-bond donors (Lipinski definition) is 2. The molecule has 0 saturated heterocycles. The van der Waals surface area contributed by atoms with Gasteiger partial charge in [-0.3, -0.25) is 4.79 Å². The fourth-order valence-corrected chi connectivity index (χ4v) is 3.16. The van der Waals surface area contributed by atoms with Gasteiger partial charge in [0.25, 0.3) is 5.97 Å². The van der Waals surface area contributed by atoms with Crippen LogP contribution in [0.5, 0.6) is 0 Å². The topological polar surface area (TPSA) is 57.5 Å². The van der Waals surface area contributed by atoms with Crippen molar-refractivity contribution >= 4 is 29.5 Å². The van der Waals surface area contributed by atoms with E-state index in [-0.39, 0.29) is 5.44 Å². The van der Waals surface area contributed by atoms with Crippen molar-refractivity contribution in [2.75, 3.05) is 5.75 Å². The quantitative estimate of drug-likeness (QED) is 0.644. The summed E-state index contributed by atoms with van der Waals surface area (Å²) < 4.78 is 0. The van der Waals surface area contributed by atoms with Crippen LogP contribution in [0.15, 0.2) is 70.5 Å². The van der Waals surface area contributed by atoms with E-state index in [1.54, 1.807) is 11.8 Å². The molecule has 0 aromatic heterocycles. The number of benzene rings is 2. The van der Waals surface area contributed by atoms with Gasteiger partial charge >= 0.3 is 0 Å². The summed E-state index contributed by atoms with van der Waals surface area (Å²) in [7, 11) is 0. The number of thioether (sulfide) groups is 2. The van der Waals surface area contributed by atoms with Gasteiger partial charge < -0.3 is 10.2 Å². The molecule has 0 spiro atoms. The predicted molar refractivity (Wildman–Crippen MR) is 88.8 cm³/mol. The molecule has 1 unspecified atom stereocenters. The van der Waals surface area contributed by atoms with E-state index in [0.717, 1.165) is 11.8 Å². The zero-order chi connectivity index (χ0) is 15.5. The predicted octanol–water partition coefficient (Wildman–Crippen LogP) is 3.98. The summed E-state index contributed by atoms with van der Waals surface area (Å²) in [4.78, 5) is 11.3. The van der Waals surface area contributed by atoms with Gasteiger partial charge in [-0.15, -0.1) is 11.8 Å². The van der Waals surface area contributed by atoms with Crippen LogP contribution < -0.4 is 0 Å². The highest BCUT2D eigenvalue weighted by Gasteiger charge is 2.06. The van der Waals surface area contributed by atoms with Crippen molar-refractivity contribution in [3.63, 3.8) is 0 Å². The average Bonchev–Trinajstić information content (AvgIpc) is 2.47. The van der Waals surface area contributed by atoms with E-state index in [9.17, 15) is 5.11 Å². The summed E-state index contributed by atoms with van der Waals surface area (Å²) in [6, 6.07) is 20.1. The Morgan fingerprint density at radius 2 is 1.43 bits per heavy atom. The van der Waals surface area contributed by atoms with Crippen molar-refractivity contribution in [1.82, 2.24) is 0 Å². The van der Waals surface area contributed by atoms with E-state index in [0.29, 0.717) is 5.75 Å². The summed E-state index contributed by atoms with van der Waals surface area (Å²) >= 11 is 3.17. The molecule has 0 aliphatic rings. The summed E-state index contributed by atoms with van der Waals surface area (Å²) in [5, 5.41) is 17.3. The van der Waals surface area contributed by atoms with Crippen molar-refractivity contribution in [2.24, 2.45) is 0 Å². The molecule has 0 saturated carbocycles. The van der Waals surface area contributed by atoms with Crippen molar-refractivity contribution in [1.29, 1.82) is 0 Å². The number of aliphatic hydroxyl groups excluding tert-OH is 1. The highest BCUT2D eigenvalue weighted by Crippen LogP contribution is 2.26. The number of aliphatic carboxylic acids is 1. The first-order valence-electron chi connectivity index (χ1n) is 6.35. The van der Waals surface area contributed by atoms with E-state index in [4.69, 9.17) is 9.90 Å². The maximum absolute atomic E-state index is 9.91. The third-order valence-corrected chi connectivity index (χ3v) is 4.43. The van der Waals surface area contributed by atoms with E-state index >= 15 is 0 Å². The standard InChI is InChI=1S/C14H14OS2.C2H4O2/c15-14(17-13-9-5-2-6-10-13)11-16-12-7-3-1-4-8-12;1-2(3)4/h1-10,14-15H,11H2;1H3,(H,3,4). The summed E-state index contributed by atoms with van der Waals surface area (Å²) in [6.45, 7) is 1.08. The van der Waals surface area contributed by atoms with Crippen LogP contribution in [0.3, 0.4) is 0 Å². The Hall–Kier alpha value is -1.43. The van der Waals surface area contributed by atoms with Gasteiger partial charge in [-0.2, -0.15) is 0 Å². The van der Waals surface area contributed by atoms with Gasteiger partial charge in [0.15, 0.2) is 0 Å². The van der Waals surface area contributed by atoms with Crippen LogP contribution in [0.4, 0.5) is 0 Å². The molecule has 0 aliphatic carbocycles. The maximum Gasteiger partial charge on any atom is 0.300 e. The van der Waals surface area contributed by atoms with Crippen LogP contribution in [-0.2, 0) is 4.79 Å². The van der Waals surface area contributed by atoms with Gasteiger partial charge in [-0.1, -0.05) is 48.2 Å². The number of carboxylic acid groups (broad SMARTS) is 1. The zero-order valence-electron chi connectivity index (χ0n) is 11.7. The van der Waals surface area contributed by atoms with Gasteiger partial charge in [-0.25, -0.2) is 0 Å². The number of carbonyl (C=O) groups is 1. The minimum atomic E-state index is -0.833. The fourth-order valence-electron chi connectivity index (χ4n) is 1.37. The molecular formula is C16H18O3S2. The highest BCUT2D eigenvalue weighted by atomic mass is 32.2. The molecule has 0 amide bonds. The Morgan fingerprint density at radius 3 is 1.90 bits per heavy atom. The monoisotopic (exact) mass is 322 g/mol. The SMILES string of the molecule is CC(=O)O.OC(CSc1ccccc1)Sc1ccccc1. The van der Waals surface area contributed by atoms with Crippen LogP contribution in [0.1, 0.15) is 6.92 Å². The Balaban J connectivity index is 0.000000491. The van der Waals surface area contributed by atoms with Crippen molar-refractivity contribution in [2.45, 2.75) is 22.2 Å². The van der Waals surface area contributed by atoms with E-state index in [2.05, 4.69) is 12.1 Å². The molecule has 2 aromatic rings. The largest absolute Gasteiger partial charge is 0.481 e. The van der Waals surface area contributed by atoms with E-state index < -0.39 is 5.97 Å². The molecule has 0 heterocycles. The van der Waals surface area contributed by atoms with Crippen LogP contribution in [-0.4, -0.2) is 27.4 Å². The summed E-state index contributed by atoms with van der Waals surface area (Å²) in [5.41, 5.74) is -0.373. The fraction of sp³-hybridized carbons (Fsp3) is 0.188. The molecule has 0 bridgehead atoms. The summed E-state index contributed by atoms with van der Waals surface area (Å²) in [5.74, 6) is -0.135. The molecular weight excluding hydrogens is 304 g/mol. The lowest BCUT2D eigenvalue weighted by Crippen LogP contribution is -2.03. The molecule has 112 valence electrons. The number of hydrogen-bond acceptors (Lipinski definition) is 4. The molecule has 5 heteroatoms. The van der Waals surface area contributed by atoms with Crippen LogP contribution >= 0.6 is 23.5 Å². The second-order valence-corrected chi connectivity index (χ2v) is 6.37. The summed E-state index contributed by atoms with van der Waals surface area (Å²) in [6.07, 6.45) is 0. The zero-order valence-corrected chi connectivity index (χ0v) is 13.3. The maximum atomic E-state index is 9.91. The second kappa shape index (κ2) is 10.3. The first-order chi connectivity index (χ1) is 10.1. The Bertz CT molecular complexity index is 514. The molecule has 2 rings (SSSR count). The molecule has 0 aliphatic heterocycles. The van der Waals surface area contributed by atoms with Crippen molar-refractivity contribution in [3.05, 3.63) is 60.7 Å². The van der Waals surface area contributed by atoms with Gasteiger partial charge in [0.2, 0.25) is 0 Å². The first kappa shape index (κ1) is 17.6. The Kier molecular flexibility index (Phi) is 8.66. The molecule has 21 heavy (non-hydrogen) atoms. The van der Waals surface area contributed by atoms with Crippen LogP contribution in [0, 0.1) is 0 Å². The average molecular weight is 322 g/mol. The third kappa shape index (κ3) is 9.18. The molecule has 0 fully saturated rings. The minimum absolute atomic E-state index is 0.373. The number of aliphatic hydroxyl groups is 1. The lowest BCUT2D eigenvalue weighted by atomic mass is 10.4. The van der Waals surface area contributed by atoms with Crippen LogP contribution in [0.2, 0.25) is 0 Å². The molecule has 0 radical (unpaired) electrons. The molecule has 3 nitrogen and oxygen atoms in total. The third-order valence-electron chi connectivity index (χ3n) is 2.15. The lowest BCUT2D eigenvalue weighted by molar-refractivity contribution is -0.134. The Labute approximate surface area is 133 Å². The number of rotatable bonds is 5. The van der Waals surface area contributed by atoms with E-state index in [1.165, 1.54) is 16.7 Å². The van der Waals surface area contributed by atoms with E-state index in [1.807, 2.05) is 48.5 Å². The minimum Gasteiger partial charge on any atom is -0.481 e. The smallest absolute Gasteiger partial charge is 0.300 e. The van der Waals surface area contributed by atoms with Gasteiger partial charge in [-0.05, 0) is 24.3 Å². The normalized spacial score (nSPS) is 11.1. The van der Waals surface area contributed by atoms with Crippen molar-refractivity contribution in [3.8, 4) is 0 Å². The van der Waals surface area contributed by atoms with Crippen LogP contribution in [0.25, 0.3) is 0 Å². The van der Waals surface area contributed by atoms with Gasteiger partial charge in [0.05, 0.1) is 0 Å². The first-order valence-corrected chi connectivity index (χ1v) is 8.21. The van der Waals surface area contributed by atoms with Gasteiger partial charge in [0.1, 0.15) is 5.44 Å². The second-order valence-electron chi connectivity index (χ2n) is 4.03. The van der Waals surface area contributed by atoms with Gasteiger partial charge in [0, 0.05) is 22.5 Å². The molecule has 2 N–H and O–H groups in total. The Morgan fingerprint density at radius 1 is 1.00 bits per heavy atom. The molecule has 1 atom stereocenters. The highest BCUT2D eigenvalue weighted by molar-refractivity contribution is 8.03.